The third kappa shape index (κ3) is 5.71. The van der Waals surface area contributed by atoms with Gasteiger partial charge in [-0.2, -0.15) is 0 Å². The maximum absolute atomic E-state index is 13.5. The van der Waals surface area contributed by atoms with E-state index in [0.29, 0.717) is 38.0 Å². The number of carbonyl (C=O) groups is 1. The molecule has 0 radical (unpaired) electrons. The molecule has 2 aromatic rings. The molecular weight excluding hydrogens is 293 g/mol. The summed E-state index contributed by atoms with van der Waals surface area (Å²) in [5.41, 5.74) is 8.03. The van der Waals surface area contributed by atoms with Crippen LogP contribution in [0.1, 0.15) is 17.5 Å². The van der Waals surface area contributed by atoms with Gasteiger partial charge in [-0.1, -0.05) is 30.3 Å². The van der Waals surface area contributed by atoms with Crippen LogP contribution in [0.15, 0.2) is 48.5 Å². The second kappa shape index (κ2) is 8.90. The van der Waals surface area contributed by atoms with Gasteiger partial charge >= 0.3 is 0 Å². The fourth-order valence-corrected chi connectivity index (χ4v) is 2.20. The molecule has 0 unspecified atom stereocenters. The van der Waals surface area contributed by atoms with E-state index in [4.69, 9.17) is 5.73 Å². The van der Waals surface area contributed by atoms with E-state index in [-0.39, 0.29) is 11.7 Å². The van der Waals surface area contributed by atoms with Crippen molar-refractivity contribution in [3.8, 4) is 0 Å². The molecular formula is C18H22FN3O. The van der Waals surface area contributed by atoms with E-state index in [1.54, 1.807) is 12.1 Å². The van der Waals surface area contributed by atoms with Crippen molar-refractivity contribution >= 4 is 11.6 Å². The fourth-order valence-electron chi connectivity index (χ4n) is 2.20. The van der Waals surface area contributed by atoms with Gasteiger partial charge in [0.2, 0.25) is 5.91 Å². The Bertz CT molecular complexity index is 628. The molecule has 1 amide bonds. The lowest BCUT2D eigenvalue weighted by molar-refractivity contribution is -0.121. The van der Waals surface area contributed by atoms with Gasteiger partial charge in [0.05, 0.1) is 0 Å². The number of hydrogen-bond acceptors (Lipinski definition) is 3. The third-order valence-corrected chi connectivity index (χ3v) is 3.50. The summed E-state index contributed by atoms with van der Waals surface area (Å²) in [7, 11) is 0. The van der Waals surface area contributed by atoms with E-state index in [1.807, 2.05) is 30.3 Å². The molecule has 0 heterocycles. The van der Waals surface area contributed by atoms with Crippen LogP contribution >= 0.6 is 0 Å². The van der Waals surface area contributed by atoms with E-state index in [9.17, 15) is 9.18 Å². The van der Waals surface area contributed by atoms with Gasteiger partial charge < -0.3 is 16.4 Å². The predicted octanol–water partition coefficient (Wildman–Crippen LogP) is 2.45. The SMILES string of the molecule is NCCC(=O)NCc1ccc(NCCc2ccccc2F)cc1. The maximum atomic E-state index is 13.5. The Balaban J connectivity index is 1.76. The highest BCUT2D eigenvalue weighted by Crippen LogP contribution is 2.11. The maximum Gasteiger partial charge on any atom is 0.221 e. The van der Waals surface area contributed by atoms with Crippen LogP contribution in [-0.4, -0.2) is 19.0 Å². The summed E-state index contributed by atoms with van der Waals surface area (Å²) in [6.07, 6.45) is 0.971. The third-order valence-electron chi connectivity index (χ3n) is 3.50. The van der Waals surface area contributed by atoms with Crippen molar-refractivity contribution in [1.82, 2.24) is 5.32 Å². The number of amides is 1. The number of hydrogen-bond donors (Lipinski definition) is 3. The summed E-state index contributed by atoms with van der Waals surface area (Å²) in [5, 5.41) is 6.07. The summed E-state index contributed by atoms with van der Waals surface area (Å²) in [4.78, 5) is 11.4. The van der Waals surface area contributed by atoms with E-state index < -0.39 is 0 Å². The first-order valence-corrected chi connectivity index (χ1v) is 7.72. The van der Waals surface area contributed by atoms with E-state index in [2.05, 4.69) is 10.6 Å². The normalized spacial score (nSPS) is 10.3. The molecule has 2 aromatic carbocycles. The lowest BCUT2D eigenvalue weighted by atomic mass is 10.1. The van der Waals surface area contributed by atoms with Crippen LogP contribution in [0.3, 0.4) is 0 Å². The zero-order valence-electron chi connectivity index (χ0n) is 13.0. The quantitative estimate of drug-likeness (QED) is 0.701. The van der Waals surface area contributed by atoms with Gasteiger partial charge in [0.1, 0.15) is 5.82 Å². The largest absolute Gasteiger partial charge is 0.385 e. The Morgan fingerprint density at radius 3 is 2.52 bits per heavy atom. The van der Waals surface area contributed by atoms with Crippen molar-refractivity contribution in [3.05, 3.63) is 65.5 Å². The molecule has 0 aliphatic carbocycles. The van der Waals surface area contributed by atoms with Gasteiger partial charge in [0.15, 0.2) is 0 Å². The second-order valence-electron chi connectivity index (χ2n) is 5.28. The first kappa shape index (κ1) is 17.0. The molecule has 0 bridgehead atoms. The van der Waals surface area contributed by atoms with Crippen molar-refractivity contribution < 1.29 is 9.18 Å². The van der Waals surface area contributed by atoms with E-state index >= 15 is 0 Å². The molecule has 0 aliphatic heterocycles. The second-order valence-corrected chi connectivity index (χ2v) is 5.28. The van der Waals surface area contributed by atoms with Crippen molar-refractivity contribution in [3.63, 3.8) is 0 Å². The van der Waals surface area contributed by atoms with Crippen molar-refractivity contribution in [2.75, 3.05) is 18.4 Å². The predicted molar refractivity (Wildman–Crippen MR) is 90.6 cm³/mol. The van der Waals surface area contributed by atoms with Crippen LogP contribution in [0.5, 0.6) is 0 Å². The van der Waals surface area contributed by atoms with Gasteiger partial charge in [-0.15, -0.1) is 0 Å². The minimum absolute atomic E-state index is 0.0420. The Kier molecular flexibility index (Phi) is 6.56. The smallest absolute Gasteiger partial charge is 0.221 e. The molecule has 23 heavy (non-hydrogen) atoms. The molecule has 4 N–H and O–H groups in total. The molecule has 0 spiro atoms. The van der Waals surface area contributed by atoms with Gasteiger partial charge in [0.25, 0.3) is 0 Å². The number of anilines is 1. The molecule has 0 saturated carbocycles. The van der Waals surface area contributed by atoms with Crippen molar-refractivity contribution in [2.24, 2.45) is 5.73 Å². The van der Waals surface area contributed by atoms with E-state index in [1.165, 1.54) is 6.07 Å². The fraction of sp³-hybridized carbons (Fsp3) is 0.278. The highest BCUT2D eigenvalue weighted by atomic mass is 19.1. The molecule has 0 saturated heterocycles. The van der Waals surface area contributed by atoms with Crippen LogP contribution in [0.2, 0.25) is 0 Å². The standard InChI is InChI=1S/C18H22FN3O/c19-17-4-2-1-3-15(17)10-12-21-16-7-5-14(6-8-16)13-22-18(23)9-11-20/h1-8,21H,9-13,20H2,(H,22,23). The van der Waals surface area contributed by atoms with E-state index in [0.717, 1.165) is 11.3 Å². The van der Waals surface area contributed by atoms with Gasteiger partial charge in [-0.05, 0) is 35.7 Å². The topological polar surface area (TPSA) is 67.2 Å². The molecule has 0 aliphatic rings. The summed E-state index contributed by atoms with van der Waals surface area (Å²) in [6, 6.07) is 14.6. The van der Waals surface area contributed by atoms with Gasteiger partial charge in [-0.25, -0.2) is 4.39 Å². The number of carbonyl (C=O) groups excluding carboxylic acids is 1. The first-order valence-electron chi connectivity index (χ1n) is 7.72. The minimum atomic E-state index is -0.169. The molecule has 0 atom stereocenters. The van der Waals surface area contributed by atoms with Crippen LogP contribution in [0.25, 0.3) is 0 Å². The number of halogens is 1. The number of nitrogens with two attached hydrogens (primary N) is 1. The monoisotopic (exact) mass is 315 g/mol. The summed E-state index contributed by atoms with van der Waals surface area (Å²) in [5.74, 6) is -0.211. The molecule has 0 aromatic heterocycles. The van der Waals surface area contributed by atoms with Gasteiger partial charge in [0, 0.05) is 31.7 Å². The van der Waals surface area contributed by atoms with Crippen molar-refractivity contribution in [2.45, 2.75) is 19.4 Å². The number of benzene rings is 2. The van der Waals surface area contributed by atoms with Crippen LogP contribution in [0.4, 0.5) is 10.1 Å². The Hall–Kier alpha value is -2.40. The molecule has 122 valence electrons. The lowest BCUT2D eigenvalue weighted by Gasteiger charge is -2.09. The van der Waals surface area contributed by atoms with Crippen molar-refractivity contribution in [1.29, 1.82) is 0 Å². The highest BCUT2D eigenvalue weighted by molar-refractivity contribution is 5.76. The van der Waals surface area contributed by atoms with Crippen LogP contribution in [-0.2, 0) is 17.8 Å². The molecule has 2 rings (SSSR count). The first-order chi connectivity index (χ1) is 11.2. The Morgan fingerprint density at radius 2 is 1.83 bits per heavy atom. The summed E-state index contributed by atoms with van der Waals surface area (Å²) in [6.45, 7) is 1.51. The average molecular weight is 315 g/mol. The molecule has 5 heteroatoms. The van der Waals surface area contributed by atoms with Crippen LogP contribution in [0, 0.1) is 5.82 Å². The zero-order chi connectivity index (χ0) is 16.5. The lowest BCUT2D eigenvalue weighted by Crippen LogP contribution is -2.24. The van der Waals surface area contributed by atoms with Crippen LogP contribution < -0.4 is 16.4 Å². The summed E-state index contributed by atoms with van der Waals surface area (Å²) >= 11 is 0. The Labute approximate surface area is 135 Å². The minimum Gasteiger partial charge on any atom is -0.385 e. The number of nitrogens with one attached hydrogen (secondary N) is 2. The summed E-state index contributed by atoms with van der Waals surface area (Å²) < 4.78 is 13.5. The number of rotatable bonds is 8. The Morgan fingerprint density at radius 1 is 1.09 bits per heavy atom. The molecule has 4 nitrogen and oxygen atoms in total. The zero-order valence-corrected chi connectivity index (χ0v) is 13.0. The highest BCUT2D eigenvalue weighted by Gasteiger charge is 2.01. The molecule has 0 fully saturated rings. The average Bonchev–Trinajstić information content (AvgIpc) is 2.56. The van der Waals surface area contributed by atoms with Gasteiger partial charge in [-0.3, -0.25) is 4.79 Å².